The quantitative estimate of drug-likeness (QED) is 0.528. The van der Waals surface area contributed by atoms with Crippen molar-refractivity contribution in [1.82, 2.24) is 20.2 Å². The molecule has 0 atom stereocenters. The van der Waals surface area contributed by atoms with Crippen LogP contribution in [0.15, 0.2) is 53.5 Å². The molecule has 0 saturated carbocycles. The number of guanidine groups is 1. The fourth-order valence-corrected chi connectivity index (χ4v) is 2.85. The monoisotopic (exact) mass is 353 g/mol. The van der Waals surface area contributed by atoms with E-state index in [0.29, 0.717) is 13.1 Å². The van der Waals surface area contributed by atoms with Crippen molar-refractivity contribution < 1.29 is 4.39 Å². The van der Waals surface area contributed by atoms with Gasteiger partial charge in [-0.25, -0.2) is 9.37 Å². The lowest BCUT2D eigenvalue weighted by molar-refractivity contribution is 0.475. The number of fused-ring (bicyclic) bond motifs is 1. The van der Waals surface area contributed by atoms with Gasteiger partial charge < -0.3 is 15.2 Å². The fraction of sp³-hybridized carbons (Fsp3) is 0.300. The molecule has 26 heavy (non-hydrogen) atoms. The normalized spacial score (nSPS) is 11.7. The highest BCUT2D eigenvalue weighted by molar-refractivity contribution is 5.79. The van der Waals surface area contributed by atoms with Crippen LogP contribution in [0.25, 0.3) is 11.0 Å². The van der Waals surface area contributed by atoms with Gasteiger partial charge in [0, 0.05) is 33.1 Å². The van der Waals surface area contributed by atoms with Crippen molar-refractivity contribution in [2.45, 2.75) is 19.9 Å². The number of aromatic nitrogens is 2. The first-order valence-corrected chi connectivity index (χ1v) is 8.83. The molecule has 0 unspecified atom stereocenters. The Kier molecular flexibility index (Phi) is 5.84. The summed E-state index contributed by atoms with van der Waals surface area (Å²) in [5.74, 6) is 1.51. The van der Waals surface area contributed by atoms with E-state index in [1.807, 2.05) is 49.2 Å². The van der Waals surface area contributed by atoms with Crippen LogP contribution in [0.1, 0.15) is 18.3 Å². The zero-order chi connectivity index (χ0) is 18.4. The number of nitrogens with one attached hydrogen (secondary N) is 2. The van der Waals surface area contributed by atoms with Crippen LogP contribution in [0.2, 0.25) is 0 Å². The van der Waals surface area contributed by atoms with Crippen molar-refractivity contribution in [3.8, 4) is 0 Å². The summed E-state index contributed by atoms with van der Waals surface area (Å²) in [5, 5.41) is 3.28. The number of rotatable bonds is 6. The lowest BCUT2D eigenvalue weighted by Gasteiger charge is -2.22. The number of hydrogen-bond donors (Lipinski definition) is 2. The van der Waals surface area contributed by atoms with Gasteiger partial charge in [-0.3, -0.25) is 4.99 Å². The number of imidazole rings is 1. The molecule has 0 aliphatic heterocycles. The number of halogens is 1. The molecule has 136 valence electrons. The summed E-state index contributed by atoms with van der Waals surface area (Å²) >= 11 is 0. The van der Waals surface area contributed by atoms with Gasteiger partial charge in [-0.15, -0.1) is 0 Å². The average molecular weight is 353 g/mol. The van der Waals surface area contributed by atoms with Crippen LogP contribution in [0.5, 0.6) is 0 Å². The van der Waals surface area contributed by atoms with Gasteiger partial charge >= 0.3 is 0 Å². The molecule has 5 nitrogen and oxygen atoms in total. The lowest BCUT2D eigenvalue weighted by Crippen LogP contribution is -2.38. The Balaban J connectivity index is 1.64. The van der Waals surface area contributed by atoms with E-state index in [1.54, 1.807) is 12.1 Å². The van der Waals surface area contributed by atoms with Crippen LogP contribution in [-0.2, 0) is 13.0 Å². The first-order chi connectivity index (χ1) is 12.7. The summed E-state index contributed by atoms with van der Waals surface area (Å²) in [7, 11) is 1.95. The van der Waals surface area contributed by atoms with Crippen molar-refractivity contribution in [2.75, 3.05) is 20.1 Å². The van der Waals surface area contributed by atoms with Gasteiger partial charge in [-0.2, -0.15) is 0 Å². The molecule has 6 heteroatoms. The Morgan fingerprint density at radius 3 is 2.85 bits per heavy atom. The first kappa shape index (κ1) is 17.9. The summed E-state index contributed by atoms with van der Waals surface area (Å²) in [6.07, 6.45) is 0.734. The highest BCUT2D eigenvalue weighted by atomic mass is 19.1. The van der Waals surface area contributed by atoms with E-state index in [-0.39, 0.29) is 5.82 Å². The second-order valence-corrected chi connectivity index (χ2v) is 6.17. The predicted molar refractivity (Wildman–Crippen MR) is 104 cm³/mol. The van der Waals surface area contributed by atoms with Gasteiger partial charge in [-0.1, -0.05) is 24.3 Å². The summed E-state index contributed by atoms with van der Waals surface area (Å²) in [4.78, 5) is 14.6. The van der Waals surface area contributed by atoms with E-state index in [2.05, 4.69) is 20.3 Å². The Bertz CT molecular complexity index is 854. The Morgan fingerprint density at radius 1 is 1.23 bits per heavy atom. The van der Waals surface area contributed by atoms with Crippen LogP contribution >= 0.6 is 0 Å². The number of hydrogen-bond acceptors (Lipinski definition) is 2. The fourth-order valence-electron chi connectivity index (χ4n) is 2.85. The number of nitrogens with zero attached hydrogens (tertiary/aromatic N) is 3. The summed E-state index contributed by atoms with van der Waals surface area (Å²) in [6.45, 7) is 4.02. The molecule has 3 aromatic rings. The third-order valence-corrected chi connectivity index (χ3v) is 4.05. The number of para-hydroxylation sites is 2. The van der Waals surface area contributed by atoms with Gasteiger partial charge in [0.25, 0.3) is 0 Å². The Morgan fingerprint density at radius 2 is 2.08 bits per heavy atom. The molecule has 0 radical (unpaired) electrons. The van der Waals surface area contributed by atoms with Gasteiger partial charge in [-0.05, 0) is 36.8 Å². The van der Waals surface area contributed by atoms with E-state index in [9.17, 15) is 4.39 Å². The largest absolute Gasteiger partial charge is 0.357 e. The molecule has 2 N–H and O–H groups in total. The summed E-state index contributed by atoms with van der Waals surface area (Å²) < 4.78 is 13.4. The number of aliphatic imine (C=N–C) groups is 1. The predicted octanol–water partition coefficient (Wildman–Crippen LogP) is 3.34. The molecular formula is C20H24FN5. The molecule has 0 aliphatic rings. The third-order valence-electron chi connectivity index (χ3n) is 4.05. The Hall–Kier alpha value is -2.89. The van der Waals surface area contributed by atoms with Crippen LogP contribution in [0, 0.1) is 5.82 Å². The van der Waals surface area contributed by atoms with E-state index in [0.717, 1.165) is 41.3 Å². The van der Waals surface area contributed by atoms with E-state index in [4.69, 9.17) is 0 Å². The van der Waals surface area contributed by atoms with E-state index >= 15 is 0 Å². The molecule has 3 rings (SSSR count). The summed E-state index contributed by atoms with van der Waals surface area (Å²) in [6, 6.07) is 14.6. The lowest BCUT2D eigenvalue weighted by atomic mass is 10.2. The minimum Gasteiger partial charge on any atom is -0.357 e. The maximum absolute atomic E-state index is 13.4. The van der Waals surface area contributed by atoms with Gasteiger partial charge in [0.2, 0.25) is 0 Å². The smallest absolute Gasteiger partial charge is 0.193 e. The highest BCUT2D eigenvalue weighted by Gasteiger charge is 2.08. The molecule has 0 bridgehead atoms. The topological polar surface area (TPSA) is 56.3 Å². The van der Waals surface area contributed by atoms with Gasteiger partial charge in [0.15, 0.2) is 5.96 Å². The standard InChI is InChI=1S/C20H24FN5/c1-3-22-20(26(2)14-15-7-6-8-16(21)13-15)23-12-11-19-24-17-9-4-5-10-18(17)25-19/h4-10,13H,3,11-12,14H2,1-2H3,(H,22,23)(H,24,25). The van der Waals surface area contributed by atoms with Crippen LogP contribution in [0.4, 0.5) is 4.39 Å². The Labute approximate surface area is 153 Å². The van der Waals surface area contributed by atoms with Crippen LogP contribution in [0.3, 0.4) is 0 Å². The van der Waals surface area contributed by atoms with Crippen LogP contribution < -0.4 is 5.32 Å². The van der Waals surface area contributed by atoms with Crippen molar-refractivity contribution in [3.05, 3.63) is 65.7 Å². The molecule has 0 fully saturated rings. The number of benzene rings is 2. The van der Waals surface area contributed by atoms with E-state index < -0.39 is 0 Å². The maximum Gasteiger partial charge on any atom is 0.193 e. The second kappa shape index (κ2) is 8.47. The zero-order valence-electron chi connectivity index (χ0n) is 15.2. The number of H-pyrrole nitrogens is 1. The van der Waals surface area contributed by atoms with Crippen molar-refractivity contribution in [1.29, 1.82) is 0 Å². The minimum atomic E-state index is -0.220. The molecule has 0 saturated heterocycles. The highest BCUT2D eigenvalue weighted by Crippen LogP contribution is 2.11. The zero-order valence-corrected chi connectivity index (χ0v) is 15.2. The first-order valence-electron chi connectivity index (χ1n) is 8.83. The minimum absolute atomic E-state index is 0.220. The average Bonchev–Trinajstić information content (AvgIpc) is 3.03. The molecule has 2 aromatic carbocycles. The molecule has 1 heterocycles. The van der Waals surface area contributed by atoms with Gasteiger partial charge in [0.05, 0.1) is 11.0 Å². The van der Waals surface area contributed by atoms with Crippen molar-refractivity contribution >= 4 is 17.0 Å². The van der Waals surface area contributed by atoms with Crippen LogP contribution in [-0.4, -0.2) is 41.0 Å². The molecule has 0 aliphatic carbocycles. The summed E-state index contributed by atoms with van der Waals surface area (Å²) in [5.41, 5.74) is 2.93. The molecule has 0 amide bonds. The maximum atomic E-state index is 13.4. The SMILES string of the molecule is CCNC(=NCCc1nc2ccccc2[nH]1)N(C)Cc1cccc(F)c1. The molecule has 1 aromatic heterocycles. The number of aromatic amines is 1. The molecule has 0 spiro atoms. The van der Waals surface area contributed by atoms with E-state index in [1.165, 1.54) is 6.07 Å². The molecular weight excluding hydrogens is 329 g/mol. The second-order valence-electron chi connectivity index (χ2n) is 6.17. The van der Waals surface area contributed by atoms with Crippen molar-refractivity contribution in [3.63, 3.8) is 0 Å². The van der Waals surface area contributed by atoms with Gasteiger partial charge in [0.1, 0.15) is 11.6 Å². The van der Waals surface area contributed by atoms with Crippen molar-refractivity contribution in [2.24, 2.45) is 4.99 Å². The third kappa shape index (κ3) is 4.59.